The van der Waals surface area contributed by atoms with Gasteiger partial charge < -0.3 is 4.74 Å². The number of hydrogen-bond donors (Lipinski definition) is 0. The summed E-state index contributed by atoms with van der Waals surface area (Å²) in [5, 5.41) is 2.21. The van der Waals surface area contributed by atoms with Crippen LogP contribution in [0.5, 0.6) is 0 Å². The minimum Gasteiger partial charge on any atom is -0.462 e. The molecule has 0 aromatic heterocycles. The van der Waals surface area contributed by atoms with E-state index in [1.807, 2.05) is 50.2 Å². The SMILES string of the molecule is CCOC(=O)c1cc2ccccc2cc1C. The molecule has 0 aliphatic rings. The zero-order chi connectivity index (χ0) is 11.5. The Morgan fingerprint density at radius 3 is 2.44 bits per heavy atom. The standard InChI is InChI=1S/C14H14O2/c1-3-16-14(15)13-9-12-7-5-4-6-11(12)8-10(13)2/h4-9H,3H2,1-2H3. The number of carbonyl (C=O) groups excluding carboxylic acids is 1. The van der Waals surface area contributed by atoms with Crippen molar-refractivity contribution in [3.8, 4) is 0 Å². The number of fused-ring (bicyclic) bond motifs is 1. The van der Waals surface area contributed by atoms with Crippen LogP contribution in [-0.2, 0) is 4.74 Å². The number of ether oxygens (including phenoxy) is 1. The Kier molecular flexibility index (Phi) is 2.91. The van der Waals surface area contributed by atoms with Crippen LogP contribution in [0.2, 0.25) is 0 Å². The van der Waals surface area contributed by atoms with Crippen molar-refractivity contribution in [2.75, 3.05) is 6.61 Å². The molecular formula is C14H14O2. The molecule has 0 unspecified atom stereocenters. The van der Waals surface area contributed by atoms with E-state index in [9.17, 15) is 4.79 Å². The third-order valence-corrected chi connectivity index (χ3v) is 2.59. The summed E-state index contributed by atoms with van der Waals surface area (Å²) in [6.07, 6.45) is 0. The maximum atomic E-state index is 11.7. The van der Waals surface area contributed by atoms with E-state index in [0.717, 1.165) is 16.3 Å². The molecule has 0 saturated heterocycles. The Morgan fingerprint density at radius 2 is 1.81 bits per heavy atom. The zero-order valence-corrected chi connectivity index (χ0v) is 9.49. The van der Waals surface area contributed by atoms with Crippen molar-refractivity contribution in [2.24, 2.45) is 0 Å². The first-order valence-corrected chi connectivity index (χ1v) is 5.39. The van der Waals surface area contributed by atoms with Gasteiger partial charge in [-0.15, -0.1) is 0 Å². The monoisotopic (exact) mass is 214 g/mol. The predicted molar refractivity (Wildman–Crippen MR) is 64.6 cm³/mol. The summed E-state index contributed by atoms with van der Waals surface area (Å²) in [7, 11) is 0. The fraction of sp³-hybridized carbons (Fsp3) is 0.214. The van der Waals surface area contributed by atoms with E-state index in [0.29, 0.717) is 12.2 Å². The summed E-state index contributed by atoms with van der Waals surface area (Å²) < 4.78 is 5.02. The normalized spacial score (nSPS) is 10.4. The molecule has 0 spiro atoms. The second-order valence-electron chi connectivity index (χ2n) is 3.73. The zero-order valence-electron chi connectivity index (χ0n) is 9.49. The number of aryl methyl sites for hydroxylation is 1. The summed E-state index contributed by atoms with van der Waals surface area (Å²) in [6, 6.07) is 11.9. The largest absolute Gasteiger partial charge is 0.462 e. The Bertz CT molecular complexity index is 529. The Morgan fingerprint density at radius 1 is 1.19 bits per heavy atom. The van der Waals surface area contributed by atoms with Gasteiger partial charge in [0.15, 0.2) is 0 Å². The van der Waals surface area contributed by atoms with Crippen LogP contribution in [0.4, 0.5) is 0 Å². The van der Waals surface area contributed by atoms with Crippen LogP contribution in [0.15, 0.2) is 36.4 Å². The van der Waals surface area contributed by atoms with E-state index in [4.69, 9.17) is 4.74 Å². The quantitative estimate of drug-likeness (QED) is 0.717. The molecule has 82 valence electrons. The van der Waals surface area contributed by atoms with Crippen LogP contribution < -0.4 is 0 Å². The first-order valence-electron chi connectivity index (χ1n) is 5.39. The van der Waals surface area contributed by atoms with Crippen molar-refractivity contribution in [2.45, 2.75) is 13.8 Å². The van der Waals surface area contributed by atoms with Crippen LogP contribution in [0.3, 0.4) is 0 Å². The lowest BCUT2D eigenvalue weighted by Crippen LogP contribution is -2.06. The summed E-state index contributed by atoms with van der Waals surface area (Å²) in [5.41, 5.74) is 1.61. The molecule has 0 fully saturated rings. The van der Waals surface area contributed by atoms with E-state index in [-0.39, 0.29) is 5.97 Å². The molecule has 2 aromatic carbocycles. The number of carbonyl (C=O) groups is 1. The van der Waals surface area contributed by atoms with Gasteiger partial charge in [0.05, 0.1) is 12.2 Å². The highest BCUT2D eigenvalue weighted by atomic mass is 16.5. The van der Waals surface area contributed by atoms with Crippen LogP contribution in [0.1, 0.15) is 22.8 Å². The van der Waals surface area contributed by atoms with E-state index in [1.54, 1.807) is 0 Å². The molecule has 0 heterocycles. The Hall–Kier alpha value is -1.83. The van der Waals surface area contributed by atoms with E-state index in [2.05, 4.69) is 0 Å². The molecule has 2 nitrogen and oxygen atoms in total. The second kappa shape index (κ2) is 4.35. The molecular weight excluding hydrogens is 200 g/mol. The maximum Gasteiger partial charge on any atom is 0.338 e. The Labute approximate surface area is 94.8 Å². The first kappa shape index (κ1) is 10.7. The molecule has 0 radical (unpaired) electrons. The highest BCUT2D eigenvalue weighted by Gasteiger charge is 2.10. The fourth-order valence-electron chi connectivity index (χ4n) is 1.78. The van der Waals surface area contributed by atoms with Gasteiger partial charge >= 0.3 is 5.97 Å². The van der Waals surface area contributed by atoms with Crippen molar-refractivity contribution in [3.63, 3.8) is 0 Å². The van der Waals surface area contributed by atoms with Crippen molar-refractivity contribution in [1.29, 1.82) is 0 Å². The molecule has 0 saturated carbocycles. The molecule has 16 heavy (non-hydrogen) atoms. The summed E-state index contributed by atoms with van der Waals surface area (Å²) >= 11 is 0. The summed E-state index contributed by atoms with van der Waals surface area (Å²) in [5.74, 6) is -0.245. The molecule has 0 aliphatic carbocycles. The lowest BCUT2D eigenvalue weighted by molar-refractivity contribution is 0.0525. The van der Waals surface area contributed by atoms with Crippen molar-refractivity contribution in [3.05, 3.63) is 47.5 Å². The van der Waals surface area contributed by atoms with Gasteiger partial charge in [-0.05, 0) is 36.2 Å². The van der Waals surface area contributed by atoms with Crippen molar-refractivity contribution < 1.29 is 9.53 Å². The third kappa shape index (κ3) is 1.91. The van der Waals surface area contributed by atoms with Gasteiger partial charge in [-0.3, -0.25) is 0 Å². The first-order chi connectivity index (χ1) is 7.72. The van der Waals surface area contributed by atoms with Gasteiger partial charge in [-0.25, -0.2) is 4.79 Å². The van der Waals surface area contributed by atoms with Crippen LogP contribution in [-0.4, -0.2) is 12.6 Å². The van der Waals surface area contributed by atoms with Gasteiger partial charge in [0.2, 0.25) is 0 Å². The Balaban J connectivity index is 2.54. The maximum absolute atomic E-state index is 11.7. The highest BCUT2D eigenvalue weighted by Crippen LogP contribution is 2.20. The molecule has 0 atom stereocenters. The predicted octanol–water partition coefficient (Wildman–Crippen LogP) is 3.32. The van der Waals surface area contributed by atoms with Crippen LogP contribution in [0.25, 0.3) is 10.8 Å². The van der Waals surface area contributed by atoms with E-state index >= 15 is 0 Å². The van der Waals surface area contributed by atoms with Crippen molar-refractivity contribution in [1.82, 2.24) is 0 Å². The van der Waals surface area contributed by atoms with Gasteiger partial charge in [0.25, 0.3) is 0 Å². The molecule has 0 N–H and O–H groups in total. The minimum absolute atomic E-state index is 0.245. The van der Waals surface area contributed by atoms with E-state index < -0.39 is 0 Å². The van der Waals surface area contributed by atoms with Gasteiger partial charge in [0, 0.05) is 0 Å². The average Bonchev–Trinajstić information content (AvgIpc) is 2.28. The lowest BCUT2D eigenvalue weighted by Gasteiger charge is -2.07. The van der Waals surface area contributed by atoms with Gasteiger partial charge in [-0.1, -0.05) is 30.3 Å². The summed E-state index contributed by atoms with van der Waals surface area (Å²) in [6.45, 7) is 4.15. The third-order valence-electron chi connectivity index (χ3n) is 2.59. The number of esters is 1. The number of benzene rings is 2. The molecule has 2 heteroatoms. The molecule has 2 aromatic rings. The highest BCUT2D eigenvalue weighted by molar-refractivity contribution is 5.97. The average molecular weight is 214 g/mol. The minimum atomic E-state index is -0.245. The molecule has 2 rings (SSSR count). The molecule has 0 amide bonds. The summed E-state index contributed by atoms with van der Waals surface area (Å²) in [4.78, 5) is 11.7. The van der Waals surface area contributed by atoms with E-state index in [1.165, 1.54) is 0 Å². The topological polar surface area (TPSA) is 26.3 Å². The smallest absolute Gasteiger partial charge is 0.338 e. The van der Waals surface area contributed by atoms with Crippen LogP contribution in [0, 0.1) is 6.92 Å². The lowest BCUT2D eigenvalue weighted by atomic mass is 10.0. The van der Waals surface area contributed by atoms with Crippen LogP contribution >= 0.6 is 0 Å². The molecule has 0 bridgehead atoms. The van der Waals surface area contributed by atoms with Gasteiger partial charge in [-0.2, -0.15) is 0 Å². The second-order valence-corrected chi connectivity index (χ2v) is 3.73. The fourth-order valence-corrected chi connectivity index (χ4v) is 1.78. The molecule has 0 aliphatic heterocycles. The number of hydrogen-bond acceptors (Lipinski definition) is 2. The van der Waals surface area contributed by atoms with Crippen molar-refractivity contribution >= 4 is 16.7 Å². The number of rotatable bonds is 2. The van der Waals surface area contributed by atoms with Gasteiger partial charge in [0.1, 0.15) is 0 Å².